The molecule has 0 spiro atoms. The molecule has 0 aromatic heterocycles. The highest BCUT2D eigenvalue weighted by Crippen LogP contribution is 2.32. The summed E-state index contributed by atoms with van der Waals surface area (Å²) in [6.45, 7) is 6.44. The van der Waals surface area contributed by atoms with Crippen molar-refractivity contribution in [3.8, 4) is 11.8 Å². The Labute approximate surface area is 202 Å². The molecule has 0 radical (unpaired) electrons. The number of aliphatic hydroxyl groups excluding tert-OH is 1. The summed E-state index contributed by atoms with van der Waals surface area (Å²) in [5.74, 6) is 5.88. The first kappa shape index (κ1) is 23.8. The van der Waals surface area contributed by atoms with Gasteiger partial charge in [-0.3, -0.25) is 4.79 Å². The number of hydrogen-bond donors (Lipinski definition) is 3. The number of nitrogens with one attached hydrogen (secondary N) is 2. The third-order valence-electron chi connectivity index (χ3n) is 6.48. The number of aliphatic hydroxyl groups is 1. The molecule has 1 unspecified atom stereocenters. The standard InChI is InChI=1S/C30H32N2O2/c1-21(24-17-11-14-22-12-5-7-15-25(22)24)31-19-10-4-9-18-30(2,3)29(34)32-28-26-16-8-6-13-23(26)20-27(28)33/h4-8,10-17,21,27-28,31,33H,19-20H2,1-3H3,(H,32,34)/t21-,27-,28?/m1/s1. The molecule has 3 atom stereocenters. The zero-order chi connectivity index (χ0) is 24.1. The third-order valence-corrected chi connectivity index (χ3v) is 6.48. The van der Waals surface area contributed by atoms with Gasteiger partial charge in [-0.1, -0.05) is 84.6 Å². The van der Waals surface area contributed by atoms with Crippen LogP contribution in [0.1, 0.15) is 49.5 Å². The van der Waals surface area contributed by atoms with Crippen molar-refractivity contribution in [2.45, 2.75) is 45.4 Å². The molecule has 4 rings (SSSR count). The van der Waals surface area contributed by atoms with Crippen LogP contribution in [0.15, 0.2) is 78.9 Å². The molecule has 0 fully saturated rings. The Morgan fingerprint density at radius 1 is 1.12 bits per heavy atom. The van der Waals surface area contributed by atoms with Crippen LogP contribution in [0.3, 0.4) is 0 Å². The average Bonchev–Trinajstić information content (AvgIpc) is 3.15. The van der Waals surface area contributed by atoms with E-state index in [1.807, 2.05) is 30.3 Å². The second kappa shape index (κ2) is 10.3. The van der Waals surface area contributed by atoms with Gasteiger partial charge in [0.2, 0.25) is 5.91 Å². The Kier molecular flexibility index (Phi) is 7.17. The van der Waals surface area contributed by atoms with E-state index in [1.165, 1.54) is 16.3 Å². The monoisotopic (exact) mass is 452 g/mol. The first-order valence-corrected chi connectivity index (χ1v) is 11.8. The fourth-order valence-electron chi connectivity index (χ4n) is 4.45. The van der Waals surface area contributed by atoms with Gasteiger partial charge >= 0.3 is 0 Å². The van der Waals surface area contributed by atoms with E-state index in [4.69, 9.17) is 0 Å². The molecule has 0 saturated carbocycles. The number of benzene rings is 3. The van der Waals surface area contributed by atoms with E-state index in [-0.39, 0.29) is 18.0 Å². The van der Waals surface area contributed by atoms with Crippen LogP contribution in [0.5, 0.6) is 0 Å². The summed E-state index contributed by atoms with van der Waals surface area (Å²) in [6.07, 6.45) is 3.71. The van der Waals surface area contributed by atoms with Gasteiger partial charge in [0.15, 0.2) is 0 Å². The Bertz CT molecular complexity index is 1260. The fourth-order valence-corrected chi connectivity index (χ4v) is 4.45. The van der Waals surface area contributed by atoms with Crippen molar-refractivity contribution in [1.29, 1.82) is 0 Å². The molecule has 4 nitrogen and oxygen atoms in total. The maximum atomic E-state index is 12.9. The number of allylic oxidation sites excluding steroid dienone is 1. The summed E-state index contributed by atoms with van der Waals surface area (Å²) >= 11 is 0. The molecule has 3 aromatic carbocycles. The predicted molar refractivity (Wildman–Crippen MR) is 138 cm³/mol. The van der Waals surface area contributed by atoms with E-state index in [2.05, 4.69) is 71.9 Å². The quantitative estimate of drug-likeness (QED) is 0.469. The molecular weight excluding hydrogens is 420 g/mol. The minimum absolute atomic E-state index is 0.183. The molecule has 0 aliphatic heterocycles. The Morgan fingerprint density at radius 3 is 2.71 bits per heavy atom. The summed E-state index contributed by atoms with van der Waals surface area (Å²) in [5.41, 5.74) is 2.47. The lowest BCUT2D eigenvalue weighted by molar-refractivity contribution is -0.128. The van der Waals surface area contributed by atoms with E-state index in [9.17, 15) is 9.90 Å². The molecule has 0 heterocycles. The van der Waals surface area contributed by atoms with Crippen LogP contribution in [-0.4, -0.2) is 23.7 Å². The molecule has 0 saturated heterocycles. The molecule has 1 aliphatic carbocycles. The van der Waals surface area contributed by atoms with Gasteiger partial charge in [-0.15, -0.1) is 0 Å². The topological polar surface area (TPSA) is 61.4 Å². The van der Waals surface area contributed by atoms with E-state index in [0.29, 0.717) is 13.0 Å². The van der Waals surface area contributed by atoms with Crippen molar-refractivity contribution in [3.63, 3.8) is 0 Å². The maximum Gasteiger partial charge on any atom is 0.238 e. The largest absolute Gasteiger partial charge is 0.390 e. The van der Waals surface area contributed by atoms with Crippen LogP contribution in [0.25, 0.3) is 10.8 Å². The van der Waals surface area contributed by atoms with Crippen LogP contribution < -0.4 is 10.6 Å². The van der Waals surface area contributed by atoms with Crippen LogP contribution in [0.2, 0.25) is 0 Å². The van der Waals surface area contributed by atoms with Gasteiger partial charge in [-0.05, 0) is 54.3 Å². The van der Waals surface area contributed by atoms with Crippen LogP contribution in [0.4, 0.5) is 0 Å². The molecular formula is C30H32N2O2. The van der Waals surface area contributed by atoms with E-state index < -0.39 is 11.5 Å². The molecule has 0 bridgehead atoms. The minimum atomic E-state index is -0.870. The van der Waals surface area contributed by atoms with E-state index in [0.717, 1.165) is 11.1 Å². The van der Waals surface area contributed by atoms with Gasteiger partial charge in [0.05, 0.1) is 12.1 Å². The summed E-state index contributed by atoms with van der Waals surface area (Å²) in [5, 5.41) is 19.4. The smallest absolute Gasteiger partial charge is 0.238 e. The number of carbonyl (C=O) groups excluding carboxylic acids is 1. The molecule has 34 heavy (non-hydrogen) atoms. The lowest BCUT2D eigenvalue weighted by atomic mass is 9.92. The maximum absolute atomic E-state index is 12.9. The number of fused-ring (bicyclic) bond motifs is 2. The molecule has 1 aliphatic rings. The Morgan fingerprint density at radius 2 is 1.85 bits per heavy atom. The number of hydrogen-bond acceptors (Lipinski definition) is 3. The van der Waals surface area contributed by atoms with Crippen LogP contribution in [-0.2, 0) is 11.2 Å². The molecule has 174 valence electrons. The summed E-state index contributed by atoms with van der Waals surface area (Å²) in [6, 6.07) is 22.4. The summed E-state index contributed by atoms with van der Waals surface area (Å²) in [4.78, 5) is 12.9. The van der Waals surface area contributed by atoms with Crippen molar-refractivity contribution in [3.05, 3.63) is 95.6 Å². The number of carbonyl (C=O) groups is 1. The highest BCUT2D eigenvalue weighted by molar-refractivity contribution is 5.86. The van der Waals surface area contributed by atoms with Crippen molar-refractivity contribution < 1.29 is 9.90 Å². The average molecular weight is 453 g/mol. The zero-order valence-electron chi connectivity index (χ0n) is 20.0. The van der Waals surface area contributed by atoms with Crippen molar-refractivity contribution in [1.82, 2.24) is 10.6 Å². The van der Waals surface area contributed by atoms with Crippen LogP contribution in [0, 0.1) is 17.3 Å². The zero-order valence-corrected chi connectivity index (χ0v) is 20.0. The van der Waals surface area contributed by atoms with Gasteiger partial charge < -0.3 is 15.7 Å². The Balaban J connectivity index is 1.32. The lowest BCUT2D eigenvalue weighted by Gasteiger charge is -2.23. The van der Waals surface area contributed by atoms with Gasteiger partial charge in [0.25, 0.3) is 0 Å². The summed E-state index contributed by atoms with van der Waals surface area (Å²) in [7, 11) is 0. The molecule has 3 aromatic rings. The minimum Gasteiger partial charge on any atom is -0.390 e. The van der Waals surface area contributed by atoms with E-state index >= 15 is 0 Å². The van der Waals surface area contributed by atoms with E-state index in [1.54, 1.807) is 19.9 Å². The second-order valence-corrected chi connectivity index (χ2v) is 9.42. The van der Waals surface area contributed by atoms with Crippen molar-refractivity contribution in [2.75, 3.05) is 6.54 Å². The van der Waals surface area contributed by atoms with Crippen molar-refractivity contribution in [2.24, 2.45) is 5.41 Å². The SMILES string of the molecule is C[C@@H](NCC=CC#CC(C)(C)C(=O)NC1c2ccccc2C[C@H]1O)c1cccc2ccccc12. The lowest BCUT2D eigenvalue weighted by Crippen LogP contribution is -2.41. The number of amides is 1. The van der Waals surface area contributed by atoms with Crippen LogP contribution >= 0.6 is 0 Å². The highest BCUT2D eigenvalue weighted by atomic mass is 16.3. The van der Waals surface area contributed by atoms with Gasteiger partial charge in [-0.25, -0.2) is 0 Å². The Hall–Kier alpha value is -3.39. The highest BCUT2D eigenvalue weighted by Gasteiger charge is 2.35. The van der Waals surface area contributed by atoms with Gasteiger partial charge in [0, 0.05) is 19.0 Å². The fraction of sp³-hybridized carbons (Fsp3) is 0.300. The molecule has 4 heteroatoms. The normalized spacial score (nSPS) is 18.4. The first-order chi connectivity index (χ1) is 16.4. The molecule has 3 N–H and O–H groups in total. The van der Waals surface area contributed by atoms with Gasteiger partial charge in [-0.2, -0.15) is 0 Å². The second-order valence-electron chi connectivity index (χ2n) is 9.42. The van der Waals surface area contributed by atoms with Gasteiger partial charge in [0.1, 0.15) is 5.41 Å². The first-order valence-electron chi connectivity index (χ1n) is 11.8. The predicted octanol–water partition coefficient (Wildman–Crippen LogP) is 4.85. The molecule has 1 amide bonds. The third kappa shape index (κ3) is 5.22. The number of rotatable bonds is 6. The summed E-state index contributed by atoms with van der Waals surface area (Å²) < 4.78 is 0. The van der Waals surface area contributed by atoms with Crippen molar-refractivity contribution >= 4 is 16.7 Å².